The highest BCUT2D eigenvalue weighted by Gasteiger charge is 2.38. The lowest BCUT2D eigenvalue weighted by Gasteiger charge is -2.16. The molecule has 0 aromatic heterocycles. The van der Waals surface area contributed by atoms with Crippen molar-refractivity contribution in [2.45, 2.75) is 38.8 Å². The monoisotopic (exact) mass is 228 g/mol. The molecule has 2 amide bonds. The van der Waals surface area contributed by atoms with Gasteiger partial charge < -0.3 is 5.11 Å². The Morgan fingerprint density at radius 2 is 2.25 bits per heavy atom. The van der Waals surface area contributed by atoms with Crippen molar-refractivity contribution in [3.8, 4) is 0 Å². The largest absolute Gasteiger partial charge is 0.480 e. The Bertz CT molecular complexity index is 316. The first-order valence-corrected chi connectivity index (χ1v) is 5.30. The molecule has 2 unspecified atom stereocenters. The second-order valence-corrected chi connectivity index (χ2v) is 3.87. The van der Waals surface area contributed by atoms with Gasteiger partial charge >= 0.3 is 5.97 Å². The standard InChI is InChI=1S/C10H16N2O4/c1-3-4-12-8(13)5-7(9(12)14)11-6(2)10(15)16/h6-7,11H,3-5H2,1-2H3,(H,15,16). The number of nitrogens with one attached hydrogen (secondary N) is 1. The number of likely N-dealkylation sites (tertiary alicyclic amines) is 1. The van der Waals surface area contributed by atoms with Crippen LogP contribution in [0, 0.1) is 0 Å². The zero-order chi connectivity index (χ0) is 12.3. The molecule has 0 radical (unpaired) electrons. The van der Waals surface area contributed by atoms with Gasteiger partial charge in [-0.25, -0.2) is 0 Å². The highest BCUT2D eigenvalue weighted by molar-refractivity contribution is 6.05. The number of carboxylic acid groups (broad SMARTS) is 1. The average Bonchev–Trinajstić information content (AvgIpc) is 2.46. The number of carbonyl (C=O) groups excluding carboxylic acids is 2. The summed E-state index contributed by atoms with van der Waals surface area (Å²) in [4.78, 5) is 35.0. The lowest BCUT2D eigenvalue weighted by atomic mass is 10.2. The number of rotatable bonds is 5. The van der Waals surface area contributed by atoms with E-state index in [1.54, 1.807) is 0 Å². The van der Waals surface area contributed by atoms with Crippen LogP contribution < -0.4 is 5.32 Å². The molecule has 0 aromatic carbocycles. The van der Waals surface area contributed by atoms with Crippen LogP contribution in [-0.2, 0) is 14.4 Å². The third kappa shape index (κ3) is 2.57. The van der Waals surface area contributed by atoms with E-state index in [9.17, 15) is 14.4 Å². The van der Waals surface area contributed by atoms with Gasteiger partial charge in [0.05, 0.1) is 12.5 Å². The predicted molar refractivity (Wildman–Crippen MR) is 55.6 cm³/mol. The van der Waals surface area contributed by atoms with Gasteiger partial charge in [0, 0.05) is 6.54 Å². The highest BCUT2D eigenvalue weighted by Crippen LogP contribution is 2.13. The fourth-order valence-electron chi connectivity index (χ4n) is 1.64. The van der Waals surface area contributed by atoms with Crippen molar-refractivity contribution in [3.05, 3.63) is 0 Å². The van der Waals surface area contributed by atoms with E-state index in [0.29, 0.717) is 13.0 Å². The smallest absolute Gasteiger partial charge is 0.320 e. The summed E-state index contributed by atoms with van der Waals surface area (Å²) in [5.41, 5.74) is 0. The van der Waals surface area contributed by atoms with Crippen molar-refractivity contribution in [2.75, 3.05) is 6.54 Å². The first-order valence-electron chi connectivity index (χ1n) is 5.30. The van der Waals surface area contributed by atoms with Crippen LogP contribution in [0.3, 0.4) is 0 Å². The fourth-order valence-corrected chi connectivity index (χ4v) is 1.64. The van der Waals surface area contributed by atoms with Gasteiger partial charge in [-0.3, -0.25) is 24.6 Å². The van der Waals surface area contributed by atoms with Gasteiger partial charge in [-0.2, -0.15) is 0 Å². The maximum absolute atomic E-state index is 11.7. The third-order valence-electron chi connectivity index (χ3n) is 2.51. The van der Waals surface area contributed by atoms with Crippen LogP contribution in [0.15, 0.2) is 0 Å². The van der Waals surface area contributed by atoms with E-state index in [1.165, 1.54) is 11.8 Å². The van der Waals surface area contributed by atoms with Gasteiger partial charge in [0.15, 0.2) is 0 Å². The third-order valence-corrected chi connectivity index (χ3v) is 2.51. The van der Waals surface area contributed by atoms with Gasteiger partial charge in [0.25, 0.3) is 0 Å². The molecule has 1 heterocycles. The molecule has 1 rings (SSSR count). The van der Waals surface area contributed by atoms with E-state index in [4.69, 9.17) is 5.11 Å². The second-order valence-electron chi connectivity index (χ2n) is 3.87. The molecule has 90 valence electrons. The summed E-state index contributed by atoms with van der Waals surface area (Å²) in [6.07, 6.45) is 0.759. The van der Waals surface area contributed by atoms with Crippen LogP contribution in [0.1, 0.15) is 26.7 Å². The summed E-state index contributed by atoms with van der Waals surface area (Å²) in [6, 6.07) is -1.52. The maximum Gasteiger partial charge on any atom is 0.320 e. The van der Waals surface area contributed by atoms with E-state index < -0.39 is 18.1 Å². The Balaban J connectivity index is 2.62. The molecular weight excluding hydrogens is 212 g/mol. The van der Waals surface area contributed by atoms with Crippen LogP contribution in [0.2, 0.25) is 0 Å². The van der Waals surface area contributed by atoms with Gasteiger partial charge in [0.2, 0.25) is 11.8 Å². The molecule has 1 aliphatic heterocycles. The predicted octanol–water partition coefficient (Wildman–Crippen LogP) is -0.413. The molecule has 2 atom stereocenters. The Labute approximate surface area is 93.6 Å². The number of carboxylic acids is 1. The lowest BCUT2D eigenvalue weighted by Crippen LogP contribution is -2.45. The van der Waals surface area contributed by atoms with Crippen molar-refractivity contribution < 1.29 is 19.5 Å². The number of amides is 2. The SMILES string of the molecule is CCCN1C(=O)CC(NC(C)C(=O)O)C1=O. The molecule has 16 heavy (non-hydrogen) atoms. The van der Waals surface area contributed by atoms with Crippen LogP contribution >= 0.6 is 0 Å². The van der Waals surface area contributed by atoms with E-state index in [0.717, 1.165) is 0 Å². The quantitative estimate of drug-likeness (QED) is 0.624. The van der Waals surface area contributed by atoms with E-state index in [-0.39, 0.29) is 18.2 Å². The lowest BCUT2D eigenvalue weighted by molar-refractivity contribution is -0.139. The number of nitrogens with zero attached hydrogens (tertiary/aromatic N) is 1. The summed E-state index contributed by atoms with van der Waals surface area (Å²) in [5.74, 6) is -1.59. The van der Waals surface area contributed by atoms with Crippen molar-refractivity contribution in [3.63, 3.8) is 0 Å². The number of carbonyl (C=O) groups is 3. The van der Waals surface area contributed by atoms with E-state index in [2.05, 4.69) is 5.32 Å². The Morgan fingerprint density at radius 1 is 1.62 bits per heavy atom. The highest BCUT2D eigenvalue weighted by atomic mass is 16.4. The number of hydrogen-bond donors (Lipinski definition) is 2. The minimum atomic E-state index is -1.03. The molecule has 6 heteroatoms. The molecule has 0 aliphatic carbocycles. The van der Waals surface area contributed by atoms with Crippen molar-refractivity contribution >= 4 is 17.8 Å². The maximum atomic E-state index is 11.7. The Kier molecular flexibility index (Phi) is 4.00. The van der Waals surface area contributed by atoms with E-state index >= 15 is 0 Å². The van der Waals surface area contributed by atoms with E-state index in [1.807, 2.05) is 6.92 Å². The van der Waals surface area contributed by atoms with Crippen LogP contribution in [-0.4, -0.2) is 46.4 Å². The number of aliphatic carboxylic acids is 1. The summed E-state index contributed by atoms with van der Waals surface area (Å²) in [7, 11) is 0. The molecule has 1 aliphatic rings. The normalized spacial score (nSPS) is 22.6. The summed E-state index contributed by atoms with van der Waals surface area (Å²) in [6.45, 7) is 3.72. The molecule has 6 nitrogen and oxygen atoms in total. The summed E-state index contributed by atoms with van der Waals surface area (Å²) >= 11 is 0. The molecule has 0 spiro atoms. The van der Waals surface area contributed by atoms with Crippen molar-refractivity contribution in [1.82, 2.24) is 10.2 Å². The van der Waals surface area contributed by atoms with Crippen molar-refractivity contribution in [2.24, 2.45) is 0 Å². The molecule has 0 aromatic rings. The molecular formula is C10H16N2O4. The van der Waals surface area contributed by atoms with Crippen molar-refractivity contribution in [1.29, 1.82) is 0 Å². The van der Waals surface area contributed by atoms with Gasteiger partial charge in [-0.1, -0.05) is 6.92 Å². The fraction of sp³-hybridized carbons (Fsp3) is 0.700. The molecule has 1 fully saturated rings. The van der Waals surface area contributed by atoms with Crippen LogP contribution in [0.25, 0.3) is 0 Å². The summed E-state index contributed by atoms with van der Waals surface area (Å²) < 4.78 is 0. The topological polar surface area (TPSA) is 86.7 Å². The Hall–Kier alpha value is -1.43. The summed E-state index contributed by atoms with van der Waals surface area (Å²) in [5, 5.41) is 11.3. The number of imide groups is 1. The number of hydrogen-bond acceptors (Lipinski definition) is 4. The minimum absolute atomic E-state index is 0.0520. The van der Waals surface area contributed by atoms with Gasteiger partial charge in [-0.15, -0.1) is 0 Å². The second kappa shape index (κ2) is 5.07. The Morgan fingerprint density at radius 3 is 2.75 bits per heavy atom. The zero-order valence-electron chi connectivity index (χ0n) is 9.40. The first-order chi connectivity index (χ1) is 7.47. The molecule has 2 N–H and O–H groups in total. The van der Waals surface area contributed by atoms with Crippen LogP contribution in [0.5, 0.6) is 0 Å². The van der Waals surface area contributed by atoms with Crippen LogP contribution in [0.4, 0.5) is 0 Å². The van der Waals surface area contributed by atoms with Gasteiger partial charge in [-0.05, 0) is 13.3 Å². The minimum Gasteiger partial charge on any atom is -0.480 e. The molecule has 0 saturated carbocycles. The molecule has 0 bridgehead atoms. The first kappa shape index (κ1) is 12.6. The average molecular weight is 228 g/mol. The van der Waals surface area contributed by atoms with Gasteiger partial charge in [0.1, 0.15) is 6.04 Å². The zero-order valence-corrected chi connectivity index (χ0v) is 9.40. The molecule has 1 saturated heterocycles.